The molecule has 1 heterocycles. The summed E-state index contributed by atoms with van der Waals surface area (Å²) in [6.45, 7) is 10.2. The van der Waals surface area contributed by atoms with Crippen LogP contribution in [0, 0.1) is 6.92 Å². The molecule has 21 heavy (non-hydrogen) atoms. The third kappa shape index (κ3) is 3.53. The lowest BCUT2D eigenvalue weighted by molar-refractivity contribution is 0.445. The lowest BCUT2D eigenvalue weighted by Crippen LogP contribution is -2.03. The summed E-state index contributed by atoms with van der Waals surface area (Å²) in [5, 5.41) is 0.450. The molecular formula is C17H21ClN2O. The van der Waals surface area contributed by atoms with Crippen LogP contribution < -0.4 is 4.74 Å². The van der Waals surface area contributed by atoms with Crippen molar-refractivity contribution in [3.63, 3.8) is 0 Å². The van der Waals surface area contributed by atoms with Crippen molar-refractivity contribution in [2.45, 2.75) is 46.5 Å². The Morgan fingerprint density at radius 3 is 2.29 bits per heavy atom. The van der Waals surface area contributed by atoms with Gasteiger partial charge in [0.15, 0.2) is 0 Å². The van der Waals surface area contributed by atoms with E-state index in [9.17, 15) is 0 Å². The van der Waals surface area contributed by atoms with Crippen molar-refractivity contribution in [3.05, 3.63) is 46.4 Å². The minimum atomic E-state index is 0.200. The van der Waals surface area contributed by atoms with Crippen molar-refractivity contribution in [3.8, 4) is 11.6 Å². The van der Waals surface area contributed by atoms with Crippen LogP contribution in [0.15, 0.2) is 24.3 Å². The Kier molecular flexibility index (Phi) is 4.84. The molecule has 1 aromatic heterocycles. The molecule has 0 bridgehead atoms. The first kappa shape index (κ1) is 15.8. The van der Waals surface area contributed by atoms with Gasteiger partial charge < -0.3 is 4.74 Å². The molecule has 0 unspecified atom stereocenters. The highest BCUT2D eigenvalue weighted by Gasteiger charge is 2.15. The van der Waals surface area contributed by atoms with Gasteiger partial charge in [0.1, 0.15) is 16.7 Å². The number of hydrogen-bond acceptors (Lipinski definition) is 3. The molecule has 2 rings (SSSR count). The van der Waals surface area contributed by atoms with Gasteiger partial charge in [0.05, 0.1) is 0 Å². The van der Waals surface area contributed by atoms with Gasteiger partial charge in [-0.05, 0) is 24.5 Å². The number of para-hydroxylation sites is 1. The molecule has 0 N–H and O–H groups in total. The number of benzene rings is 1. The monoisotopic (exact) mass is 304 g/mol. The molecule has 0 aliphatic heterocycles. The predicted octanol–water partition coefficient (Wildman–Crippen LogP) is 5.48. The Labute approximate surface area is 131 Å². The topological polar surface area (TPSA) is 35.0 Å². The van der Waals surface area contributed by atoms with Gasteiger partial charge in [-0.2, -0.15) is 4.98 Å². The van der Waals surface area contributed by atoms with Crippen molar-refractivity contribution < 1.29 is 4.74 Å². The van der Waals surface area contributed by atoms with Gasteiger partial charge in [0.2, 0.25) is 5.88 Å². The van der Waals surface area contributed by atoms with E-state index in [0.717, 1.165) is 16.9 Å². The fourth-order valence-electron chi connectivity index (χ4n) is 2.00. The first-order valence-electron chi connectivity index (χ1n) is 7.21. The third-order valence-corrected chi connectivity index (χ3v) is 3.69. The zero-order chi connectivity index (χ0) is 15.6. The highest BCUT2D eigenvalue weighted by molar-refractivity contribution is 6.30. The molecule has 4 heteroatoms. The molecule has 1 aromatic carbocycles. The molecule has 112 valence electrons. The van der Waals surface area contributed by atoms with Gasteiger partial charge in [-0.25, -0.2) is 4.98 Å². The van der Waals surface area contributed by atoms with E-state index in [1.165, 1.54) is 0 Å². The Morgan fingerprint density at radius 1 is 1.00 bits per heavy atom. The molecule has 0 aliphatic carbocycles. The number of ether oxygens (including phenoxy) is 1. The Bertz CT molecular complexity index is 639. The maximum absolute atomic E-state index is 6.20. The van der Waals surface area contributed by atoms with Gasteiger partial charge in [0, 0.05) is 11.5 Å². The second-order valence-electron chi connectivity index (χ2n) is 5.75. The van der Waals surface area contributed by atoms with Gasteiger partial charge in [-0.3, -0.25) is 0 Å². The number of rotatable bonds is 4. The standard InChI is InChI=1S/C17H21ClN2O/c1-10(2)13-8-6-7-9-14(13)21-17-12(5)15(18)19-16(20-17)11(3)4/h6-11H,1-5H3. The summed E-state index contributed by atoms with van der Waals surface area (Å²) in [7, 11) is 0. The molecule has 2 aromatic rings. The van der Waals surface area contributed by atoms with E-state index in [4.69, 9.17) is 16.3 Å². The van der Waals surface area contributed by atoms with Crippen LogP contribution in [0.5, 0.6) is 11.6 Å². The molecule has 0 spiro atoms. The zero-order valence-corrected chi connectivity index (χ0v) is 13.9. The number of aromatic nitrogens is 2. The molecule has 0 saturated heterocycles. The number of nitrogens with zero attached hydrogens (tertiary/aromatic N) is 2. The first-order valence-corrected chi connectivity index (χ1v) is 7.58. The van der Waals surface area contributed by atoms with Crippen LogP contribution in [-0.2, 0) is 0 Å². The lowest BCUT2D eigenvalue weighted by Gasteiger charge is -2.15. The van der Waals surface area contributed by atoms with Crippen LogP contribution in [0.3, 0.4) is 0 Å². The second kappa shape index (κ2) is 6.44. The first-order chi connectivity index (χ1) is 9.90. The van der Waals surface area contributed by atoms with E-state index in [2.05, 4.69) is 29.9 Å². The Hall–Kier alpha value is -1.61. The lowest BCUT2D eigenvalue weighted by atomic mass is 10.0. The molecule has 0 saturated carbocycles. The van der Waals surface area contributed by atoms with Crippen molar-refractivity contribution in [2.75, 3.05) is 0 Å². The number of hydrogen-bond donors (Lipinski definition) is 0. The molecule has 0 aliphatic rings. The normalized spacial score (nSPS) is 11.2. The van der Waals surface area contributed by atoms with E-state index in [1.807, 2.05) is 39.0 Å². The minimum absolute atomic E-state index is 0.200. The van der Waals surface area contributed by atoms with Gasteiger partial charge in [0.25, 0.3) is 0 Å². The molecule has 0 atom stereocenters. The van der Waals surface area contributed by atoms with Crippen LogP contribution >= 0.6 is 11.6 Å². The fourth-order valence-corrected chi connectivity index (χ4v) is 2.17. The Morgan fingerprint density at radius 2 is 1.67 bits per heavy atom. The van der Waals surface area contributed by atoms with Crippen molar-refractivity contribution in [1.82, 2.24) is 9.97 Å². The van der Waals surface area contributed by atoms with Crippen LogP contribution in [0.25, 0.3) is 0 Å². The van der Waals surface area contributed by atoms with Crippen LogP contribution in [-0.4, -0.2) is 9.97 Å². The maximum atomic E-state index is 6.20. The summed E-state index contributed by atoms with van der Waals surface area (Å²) in [6, 6.07) is 8.01. The Balaban J connectivity index is 2.44. The van der Waals surface area contributed by atoms with Crippen LogP contribution in [0.2, 0.25) is 5.15 Å². The summed E-state index contributed by atoms with van der Waals surface area (Å²) in [5.41, 5.74) is 1.91. The molecule has 0 amide bonds. The fraction of sp³-hybridized carbons (Fsp3) is 0.412. The summed E-state index contributed by atoms with van der Waals surface area (Å²) < 4.78 is 6.04. The second-order valence-corrected chi connectivity index (χ2v) is 6.11. The van der Waals surface area contributed by atoms with E-state index in [-0.39, 0.29) is 5.92 Å². The van der Waals surface area contributed by atoms with Crippen LogP contribution in [0.4, 0.5) is 0 Å². The maximum Gasteiger partial charge on any atom is 0.227 e. The average Bonchev–Trinajstić information content (AvgIpc) is 2.43. The zero-order valence-electron chi connectivity index (χ0n) is 13.1. The summed E-state index contributed by atoms with van der Waals surface area (Å²) >= 11 is 6.20. The number of halogens is 1. The predicted molar refractivity (Wildman–Crippen MR) is 86.5 cm³/mol. The molecule has 0 fully saturated rings. The van der Waals surface area contributed by atoms with Gasteiger partial charge in [-0.1, -0.05) is 57.5 Å². The third-order valence-electron chi connectivity index (χ3n) is 3.32. The summed E-state index contributed by atoms with van der Waals surface area (Å²) in [6.07, 6.45) is 0. The van der Waals surface area contributed by atoms with Crippen molar-refractivity contribution in [2.24, 2.45) is 0 Å². The van der Waals surface area contributed by atoms with Crippen molar-refractivity contribution >= 4 is 11.6 Å². The summed E-state index contributed by atoms with van der Waals surface area (Å²) in [4.78, 5) is 8.82. The molecule has 3 nitrogen and oxygen atoms in total. The summed E-state index contributed by atoms with van der Waals surface area (Å²) in [5.74, 6) is 2.63. The van der Waals surface area contributed by atoms with Gasteiger partial charge in [-0.15, -0.1) is 0 Å². The SMILES string of the molecule is Cc1c(Cl)nc(C(C)C)nc1Oc1ccccc1C(C)C. The van der Waals surface area contributed by atoms with Gasteiger partial charge >= 0.3 is 0 Å². The minimum Gasteiger partial charge on any atom is -0.438 e. The smallest absolute Gasteiger partial charge is 0.227 e. The largest absolute Gasteiger partial charge is 0.438 e. The van der Waals surface area contributed by atoms with Crippen molar-refractivity contribution in [1.29, 1.82) is 0 Å². The highest BCUT2D eigenvalue weighted by Crippen LogP contribution is 2.33. The molecular weight excluding hydrogens is 284 g/mol. The van der Waals surface area contributed by atoms with E-state index < -0.39 is 0 Å². The van der Waals surface area contributed by atoms with E-state index in [1.54, 1.807) is 0 Å². The van der Waals surface area contributed by atoms with E-state index >= 15 is 0 Å². The highest BCUT2D eigenvalue weighted by atomic mass is 35.5. The van der Waals surface area contributed by atoms with E-state index in [0.29, 0.717) is 22.8 Å². The quantitative estimate of drug-likeness (QED) is 0.702. The molecule has 0 radical (unpaired) electrons. The van der Waals surface area contributed by atoms with Crippen LogP contribution in [0.1, 0.15) is 56.5 Å². The average molecular weight is 305 g/mol.